The van der Waals surface area contributed by atoms with Crippen LogP contribution in [0.4, 0.5) is 4.79 Å². The van der Waals surface area contributed by atoms with Crippen molar-refractivity contribution in [1.82, 2.24) is 10.4 Å². The van der Waals surface area contributed by atoms with Crippen LogP contribution >= 0.6 is 0 Å². The fourth-order valence-corrected chi connectivity index (χ4v) is 2.08. The van der Waals surface area contributed by atoms with E-state index in [4.69, 9.17) is 14.3 Å². The lowest BCUT2D eigenvalue weighted by Crippen LogP contribution is -2.49. The highest BCUT2D eigenvalue weighted by Gasteiger charge is 2.30. The standard InChI is InChI=1S/C14H26N2O5/c1-14(2,3)21-13(18)15-11(12(17)16(4)19-5)8-10-6-7-20-9-10/h10-11H,6-9H2,1-5H3,(H,15,18)/t10?,11-/m0/s1. The number of alkyl carbamates (subject to hydrolysis) is 1. The molecule has 7 heteroatoms. The molecule has 122 valence electrons. The molecule has 7 nitrogen and oxygen atoms in total. The molecule has 1 aliphatic rings. The van der Waals surface area contributed by atoms with E-state index in [1.54, 1.807) is 20.8 Å². The summed E-state index contributed by atoms with van der Waals surface area (Å²) in [6, 6.07) is -0.684. The average Bonchev–Trinajstić information content (AvgIpc) is 2.86. The smallest absolute Gasteiger partial charge is 0.408 e. The zero-order valence-electron chi connectivity index (χ0n) is 13.5. The van der Waals surface area contributed by atoms with Gasteiger partial charge in [-0.25, -0.2) is 9.86 Å². The van der Waals surface area contributed by atoms with Crippen molar-refractivity contribution in [2.24, 2.45) is 5.92 Å². The zero-order valence-corrected chi connectivity index (χ0v) is 13.5. The minimum atomic E-state index is -0.684. The van der Waals surface area contributed by atoms with Crippen LogP contribution in [0.15, 0.2) is 0 Å². The Morgan fingerprint density at radius 3 is 2.57 bits per heavy atom. The van der Waals surface area contributed by atoms with Gasteiger partial charge < -0.3 is 14.8 Å². The third-order valence-corrected chi connectivity index (χ3v) is 3.17. The van der Waals surface area contributed by atoms with Gasteiger partial charge >= 0.3 is 6.09 Å². The van der Waals surface area contributed by atoms with E-state index < -0.39 is 17.7 Å². The van der Waals surface area contributed by atoms with Crippen LogP contribution in [0.5, 0.6) is 0 Å². The fourth-order valence-electron chi connectivity index (χ4n) is 2.08. The topological polar surface area (TPSA) is 77.1 Å². The number of hydrogen-bond acceptors (Lipinski definition) is 5. The number of amides is 2. The van der Waals surface area contributed by atoms with Crippen LogP contribution in [-0.2, 0) is 19.1 Å². The molecule has 0 aromatic rings. The molecule has 0 aromatic heterocycles. The van der Waals surface area contributed by atoms with Gasteiger partial charge in [0.15, 0.2) is 0 Å². The molecule has 1 heterocycles. The van der Waals surface area contributed by atoms with Crippen molar-refractivity contribution in [2.75, 3.05) is 27.4 Å². The van der Waals surface area contributed by atoms with Gasteiger partial charge in [-0.2, -0.15) is 0 Å². The first-order chi connectivity index (χ1) is 9.73. The molecule has 1 saturated heterocycles. The zero-order chi connectivity index (χ0) is 16.0. The predicted octanol–water partition coefficient (Wildman–Crippen LogP) is 1.33. The first kappa shape index (κ1) is 17.7. The maximum Gasteiger partial charge on any atom is 0.408 e. The third kappa shape index (κ3) is 6.31. The van der Waals surface area contributed by atoms with Gasteiger partial charge in [0, 0.05) is 20.3 Å². The molecule has 2 atom stereocenters. The predicted molar refractivity (Wildman–Crippen MR) is 76.5 cm³/mol. The second-order valence-corrected chi connectivity index (χ2v) is 6.18. The molecule has 1 N–H and O–H groups in total. The minimum Gasteiger partial charge on any atom is -0.444 e. The number of ether oxygens (including phenoxy) is 2. The van der Waals surface area contributed by atoms with Crippen LogP contribution in [-0.4, -0.2) is 56.1 Å². The van der Waals surface area contributed by atoms with E-state index >= 15 is 0 Å². The molecule has 0 bridgehead atoms. The van der Waals surface area contributed by atoms with E-state index in [2.05, 4.69) is 5.32 Å². The quantitative estimate of drug-likeness (QED) is 0.775. The Bertz CT molecular complexity index is 361. The summed E-state index contributed by atoms with van der Waals surface area (Å²) in [7, 11) is 2.92. The lowest BCUT2D eigenvalue weighted by atomic mass is 9.98. The van der Waals surface area contributed by atoms with Gasteiger partial charge in [-0.3, -0.25) is 9.63 Å². The SMILES string of the molecule is CON(C)C(=O)[C@H](CC1CCOC1)NC(=O)OC(C)(C)C. The van der Waals surface area contributed by atoms with Gasteiger partial charge in [0.2, 0.25) is 0 Å². The monoisotopic (exact) mass is 302 g/mol. The number of rotatable bonds is 5. The molecule has 1 unspecified atom stereocenters. The molecular weight excluding hydrogens is 276 g/mol. The number of carbonyl (C=O) groups is 2. The van der Waals surface area contributed by atoms with E-state index in [1.807, 2.05) is 0 Å². The Hall–Kier alpha value is -1.34. The summed E-state index contributed by atoms with van der Waals surface area (Å²) in [5.41, 5.74) is -0.610. The molecule has 0 saturated carbocycles. The molecule has 1 fully saturated rings. The fraction of sp³-hybridized carbons (Fsp3) is 0.857. The van der Waals surface area contributed by atoms with Crippen LogP contribution in [0.2, 0.25) is 0 Å². The molecule has 2 amide bonds. The molecular formula is C14H26N2O5. The van der Waals surface area contributed by atoms with Crippen molar-refractivity contribution in [2.45, 2.75) is 45.3 Å². The van der Waals surface area contributed by atoms with Crippen LogP contribution in [0.25, 0.3) is 0 Å². The van der Waals surface area contributed by atoms with Crippen LogP contribution in [0.1, 0.15) is 33.6 Å². The minimum absolute atomic E-state index is 0.249. The summed E-state index contributed by atoms with van der Waals surface area (Å²) in [6.07, 6.45) is 0.784. The van der Waals surface area contributed by atoms with Gasteiger partial charge in [-0.15, -0.1) is 0 Å². The Balaban J connectivity index is 2.66. The summed E-state index contributed by atoms with van der Waals surface area (Å²) >= 11 is 0. The highest BCUT2D eigenvalue weighted by Crippen LogP contribution is 2.19. The molecule has 0 aliphatic carbocycles. The van der Waals surface area contributed by atoms with Crippen LogP contribution in [0.3, 0.4) is 0 Å². The molecule has 0 aromatic carbocycles. The van der Waals surface area contributed by atoms with Gasteiger partial charge in [-0.1, -0.05) is 0 Å². The van der Waals surface area contributed by atoms with Crippen molar-refractivity contribution in [1.29, 1.82) is 0 Å². The lowest BCUT2D eigenvalue weighted by molar-refractivity contribution is -0.171. The van der Waals surface area contributed by atoms with Crippen LogP contribution < -0.4 is 5.32 Å². The average molecular weight is 302 g/mol. The summed E-state index contributed by atoms with van der Waals surface area (Å²) in [6.45, 7) is 6.62. The molecule has 0 radical (unpaired) electrons. The second-order valence-electron chi connectivity index (χ2n) is 6.18. The van der Waals surface area contributed by atoms with Crippen molar-refractivity contribution in [3.63, 3.8) is 0 Å². The second kappa shape index (κ2) is 7.61. The molecule has 0 spiro atoms. The molecule has 1 rings (SSSR count). The van der Waals surface area contributed by atoms with Crippen LogP contribution in [0, 0.1) is 5.92 Å². The number of nitrogens with zero attached hydrogens (tertiary/aromatic N) is 1. The maximum absolute atomic E-state index is 12.3. The van der Waals surface area contributed by atoms with E-state index in [-0.39, 0.29) is 11.8 Å². The normalized spacial score (nSPS) is 20.0. The maximum atomic E-state index is 12.3. The van der Waals surface area contributed by atoms with Crippen molar-refractivity contribution in [3.8, 4) is 0 Å². The van der Waals surface area contributed by atoms with Gasteiger partial charge in [0.1, 0.15) is 11.6 Å². The van der Waals surface area contributed by atoms with Gasteiger partial charge in [0.25, 0.3) is 5.91 Å². The number of likely N-dealkylation sites (N-methyl/N-ethyl adjacent to an activating group) is 1. The Kier molecular flexibility index (Phi) is 6.42. The summed E-state index contributed by atoms with van der Waals surface area (Å²) in [4.78, 5) is 29.0. The molecule has 21 heavy (non-hydrogen) atoms. The largest absolute Gasteiger partial charge is 0.444 e. The summed E-state index contributed by atoms with van der Waals surface area (Å²) in [5, 5.41) is 3.74. The lowest BCUT2D eigenvalue weighted by Gasteiger charge is -2.26. The van der Waals surface area contributed by atoms with Crippen molar-refractivity contribution in [3.05, 3.63) is 0 Å². The highest BCUT2D eigenvalue weighted by atomic mass is 16.7. The third-order valence-electron chi connectivity index (χ3n) is 3.17. The van der Waals surface area contributed by atoms with Gasteiger partial charge in [-0.05, 0) is 39.5 Å². The Labute approximate surface area is 125 Å². The molecule has 1 aliphatic heterocycles. The van der Waals surface area contributed by atoms with E-state index in [0.29, 0.717) is 19.6 Å². The first-order valence-electron chi connectivity index (χ1n) is 7.12. The Morgan fingerprint density at radius 2 is 2.10 bits per heavy atom. The first-order valence-corrected chi connectivity index (χ1v) is 7.12. The van der Waals surface area contributed by atoms with Gasteiger partial charge in [0.05, 0.1) is 7.11 Å². The van der Waals surface area contributed by atoms with E-state index in [9.17, 15) is 9.59 Å². The van der Waals surface area contributed by atoms with E-state index in [0.717, 1.165) is 11.5 Å². The number of nitrogens with one attached hydrogen (secondary N) is 1. The van der Waals surface area contributed by atoms with Crippen molar-refractivity contribution >= 4 is 12.0 Å². The summed E-state index contributed by atoms with van der Waals surface area (Å²) in [5.74, 6) is -0.0607. The van der Waals surface area contributed by atoms with Crippen molar-refractivity contribution < 1.29 is 23.9 Å². The number of carbonyl (C=O) groups excluding carboxylic acids is 2. The highest BCUT2D eigenvalue weighted by molar-refractivity contribution is 5.84. The Morgan fingerprint density at radius 1 is 1.43 bits per heavy atom. The van der Waals surface area contributed by atoms with E-state index in [1.165, 1.54) is 14.2 Å². The number of hydrogen-bond donors (Lipinski definition) is 1. The summed E-state index contributed by atoms with van der Waals surface area (Å²) < 4.78 is 10.5. The number of hydroxylamine groups is 2.